The van der Waals surface area contributed by atoms with Gasteiger partial charge in [0.05, 0.1) is 5.69 Å². The van der Waals surface area contributed by atoms with Crippen LogP contribution in [0.25, 0.3) is 5.69 Å². The predicted octanol–water partition coefficient (Wildman–Crippen LogP) is 4.37. The summed E-state index contributed by atoms with van der Waals surface area (Å²) in [5, 5.41) is 10.3. The van der Waals surface area contributed by atoms with Crippen LogP contribution in [0, 0.1) is 12.8 Å². The lowest BCUT2D eigenvalue weighted by Crippen LogP contribution is -2.28. The molecule has 1 aliphatic rings. The van der Waals surface area contributed by atoms with Crippen molar-refractivity contribution in [3.05, 3.63) is 71.3 Å². The van der Waals surface area contributed by atoms with E-state index >= 15 is 0 Å². The normalized spacial score (nSPS) is 13.6. The van der Waals surface area contributed by atoms with Crippen LogP contribution in [0.15, 0.2) is 48.5 Å². The first-order valence-corrected chi connectivity index (χ1v) is 11.1. The third-order valence-corrected chi connectivity index (χ3v) is 5.88. The molecule has 166 valence electrons. The van der Waals surface area contributed by atoms with Crippen LogP contribution in [0.1, 0.15) is 66.6 Å². The number of hydrogen-bond acceptors (Lipinski definition) is 4. The maximum atomic E-state index is 12.7. The highest BCUT2D eigenvalue weighted by atomic mass is 16.2. The van der Waals surface area contributed by atoms with Gasteiger partial charge in [-0.05, 0) is 55.0 Å². The lowest BCUT2D eigenvalue weighted by atomic mass is 9.85. The summed E-state index contributed by atoms with van der Waals surface area (Å²) in [4.78, 5) is 29.3. The summed E-state index contributed by atoms with van der Waals surface area (Å²) in [6.45, 7) is 6.42. The number of benzene rings is 2. The molecule has 7 heteroatoms. The minimum absolute atomic E-state index is 0.0735. The molecule has 7 nitrogen and oxygen atoms in total. The first kappa shape index (κ1) is 21.7. The third kappa shape index (κ3) is 4.72. The second kappa shape index (κ2) is 9.34. The summed E-state index contributed by atoms with van der Waals surface area (Å²) >= 11 is 0. The largest absolute Gasteiger partial charge is 0.345 e. The fourth-order valence-electron chi connectivity index (χ4n) is 3.82. The number of aryl methyl sites for hydroxylation is 1. The van der Waals surface area contributed by atoms with Crippen molar-refractivity contribution >= 4 is 17.5 Å². The van der Waals surface area contributed by atoms with E-state index in [4.69, 9.17) is 0 Å². The van der Waals surface area contributed by atoms with Gasteiger partial charge in [0.15, 0.2) is 0 Å². The molecular weight excluding hydrogens is 402 g/mol. The van der Waals surface area contributed by atoms with Gasteiger partial charge in [-0.25, -0.2) is 9.67 Å². The average molecular weight is 432 g/mol. The highest BCUT2D eigenvalue weighted by Gasteiger charge is 2.25. The maximum absolute atomic E-state index is 12.7. The lowest BCUT2D eigenvalue weighted by Gasteiger charge is -2.24. The first-order chi connectivity index (χ1) is 15.4. The molecule has 0 saturated heterocycles. The van der Waals surface area contributed by atoms with Gasteiger partial charge in [-0.15, -0.1) is 5.10 Å². The van der Waals surface area contributed by atoms with E-state index in [0.29, 0.717) is 18.3 Å². The number of aromatic nitrogens is 3. The van der Waals surface area contributed by atoms with E-state index in [1.807, 2.05) is 49.4 Å². The minimum atomic E-state index is -0.335. The highest BCUT2D eigenvalue weighted by molar-refractivity contribution is 5.93. The highest BCUT2D eigenvalue weighted by Crippen LogP contribution is 2.27. The molecule has 3 aromatic rings. The van der Waals surface area contributed by atoms with Crippen molar-refractivity contribution in [2.24, 2.45) is 5.92 Å². The summed E-state index contributed by atoms with van der Waals surface area (Å²) in [7, 11) is 0. The zero-order valence-electron chi connectivity index (χ0n) is 18.8. The van der Waals surface area contributed by atoms with E-state index in [1.165, 1.54) is 0 Å². The van der Waals surface area contributed by atoms with Crippen molar-refractivity contribution in [2.45, 2.75) is 52.5 Å². The number of carbonyl (C=O) groups excluding carboxylic acids is 2. The second-order valence-electron chi connectivity index (χ2n) is 8.61. The molecule has 0 bridgehead atoms. The van der Waals surface area contributed by atoms with E-state index in [1.54, 1.807) is 4.68 Å². The van der Waals surface area contributed by atoms with Crippen LogP contribution >= 0.6 is 0 Å². The second-order valence-corrected chi connectivity index (χ2v) is 8.61. The molecule has 0 atom stereocenters. The number of para-hydroxylation sites is 1. The van der Waals surface area contributed by atoms with Crippen LogP contribution in [0.5, 0.6) is 0 Å². The molecule has 1 saturated carbocycles. The first-order valence-electron chi connectivity index (χ1n) is 11.1. The molecule has 1 aromatic heterocycles. The Labute approximate surface area is 188 Å². The van der Waals surface area contributed by atoms with Gasteiger partial charge >= 0.3 is 0 Å². The molecule has 0 spiro atoms. The molecule has 4 rings (SSSR count). The Kier molecular flexibility index (Phi) is 6.35. The Bertz CT molecular complexity index is 1130. The molecule has 1 heterocycles. The van der Waals surface area contributed by atoms with E-state index in [2.05, 4.69) is 40.6 Å². The van der Waals surface area contributed by atoms with Crippen molar-refractivity contribution in [3.8, 4) is 5.69 Å². The molecule has 2 N–H and O–H groups in total. The standard InChI is InChI=1S/C25H29N5O2/c1-16(2)21-12-4-5-13-22(21)30-17(3)27-23(29-30)25(32)26-15-18-8-6-11-20(14-18)28-24(31)19-9-7-10-19/h4-6,8,11-14,16,19H,7,9-10,15H2,1-3H3,(H,26,32)(H,28,31). The fourth-order valence-corrected chi connectivity index (χ4v) is 3.82. The van der Waals surface area contributed by atoms with Crippen LogP contribution in [0.4, 0.5) is 5.69 Å². The summed E-state index contributed by atoms with van der Waals surface area (Å²) in [6, 6.07) is 15.5. The summed E-state index contributed by atoms with van der Waals surface area (Å²) in [6.07, 6.45) is 3.04. The quantitative estimate of drug-likeness (QED) is 0.581. The number of amides is 2. The number of hydrogen-bond donors (Lipinski definition) is 2. The number of anilines is 1. The zero-order chi connectivity index (χ0) is 22.7. The van der Waals surface area contributed by atoms with Gasteiger partial charge in [0.1, 0.15) is 5.82 Å². The van der Waals surface area contributed by atoms with E-state index in [0.717, 1.165) is 41.8 Å². The minimum Gasteiger partial charge on any atom is -0.345 e. The van der Waals surface area contributed by atoms with Crippen molar-refractivity contribution in [3.63, 3.8) is 0 Å². The maximum Gasteiger partial charge on any atom is 0.291 e. The van der Waals surface area contributed by atoms with Gasteiger partial charge < -0.3 is 10.6 Å². The Hall–Kier alpha value is -3.48. The molecule has 1 fully saturated rings. The van der Waals surface area contributed by atoms with Crippen molar-refractivity contribution in [1.82, 2.24) is 20.1 Å². The molecule has 32 heavy (non-hydrogen) atoms. The lowest BCUT2D eigenvalue weighted by molar-refractivity contribution is -0.122. The van der Waals surface area contributed by atoms with Crippen LogP contribution in [-0.2, 0) is 11.3 Å². The topological polar surface area (TPSA) is 88.9 Å². The van der Waals surface area contributed by atoms with Crippen molar-refractivity contribution in [1.29, 1.82) is 0 Å². The SMILES string of the molecule is Cc1nc(C(=O)NCc2cccc(NC(=O)C3CCC3)c2)nn1-c1ccccc1C(C)C. The molecule has 2 aromatic carbocycles. The Morgan fingerprint density at radius 2 is 1.91 bits per heavy atom. The molecule has 2 amide bonds. The van der Waals surface area contributed by atoms with Gasteiger partial charge in [-0.3, -0.25) is 9.59 Å². The number of nitrogens with one attached hydrogen (secondary N) is 2. The summed E-state index contributed by atoms with van der Waals surface area (Å²) < 4.78 is 1.72. The van der Waals surface area contributed by atoms with Crippen LogP contribution in [0.3, 0.4) is 0 Å². The zero-order valence-corrected chi connectivity index (χ0v) is 18.8. The number of carbonyl (C=O) groups is 2. The molecule has 0 aliphatic heterocycles. The van der Waals surface area contributed by atoms with Crippen molar-refractivity contribution < 1.29 is 9.59 Å². The smallest absolute Gasteiger partial charge is 0.291 e. The molecule has 1 aliphatic carbocycles. The average Bonchev–Trinajstić information content (AvgIpc) is 3.12. The van der Waals surface area contributed by atoms with Gasteiger partial charge in [0, 0.05) is 18.2 Å². The molecule has 0 unspecified atom stereocenters. The van der Waals surface area contributed by atoms with Crippen LogP contribution < -0.4 is 10.6 Å². The fraction of sp³-hybridized carbons (Fsp3) is 0.360. The third-order valence-electron chi connectivity index (χ3n) is 5.88. The summed E-state index contributed by atoms with van der Waals surface area (Å²) in [5.74, 6) is 0.981. The van der Waals surface area contributed by atoms with Crippen molar-refractivity contribution in [2.75, 3.05) is 5.32 Å². The van der Waals surface area contributed by atoms with Crippen LogP contribution in [-0.4, -0.2) is 26.6 Å². The van der Waals surface area contributed by atoms with E-state index < -0.39 is 0 Å². The van der Waals surface area contributed by atoms with Gasteiger partial charge in [-0.2, -0.15) is 0 Å². The molecular formula is C25H29N5O2. The van der Waals surface area contributed by atoms with Gasteiger partial charge in [0.25, 0.3) is 5.91 Å². The Morgan fingerprint density at radius 1 is 1.12 bits per heavy atom. The Balaban J connectivity index is 1.43. The van der Waals surface area contributed by atoms with E-state index in [-0.39, 0.29) is 23.6 Å². The van der Waals surface area contributed by atoms with Crippen LogP contribution in [0.2, 0.25) is 0 Å². The van der Waals surface area contributed by atoms with Gasteiger partial charge in [-0.1, -0.05) is 50.6 Å². The van der Waals surface area contributed by atoms with Gasteiger partial charge in [0.2, 0.25) is 11.7 Å². The number of nitrogens with zero attached hydrogens (tertiary/aromatic N) is 3. The monoisotopic (exact) mass is 431 g/mol. The van der Waals surface area contributed by atoms with E-state index in [9.17, 15) is 9.59 Å². The number of rotatable bonds is 7. The molecule has 0 radical (unpaired) electrons. The Morgan fingerprint density at radius 3 is 2.62 bits per heavy atom. The predicted molar refractivity (Wildman–Crippen MR) is 124 cm³/mol. The summed E-state index contributed by atoms with van der Waals surface area (Å²) in [5.41, 5.74) is 3.72.